The molecule has 3 aromatic rings. The molecular weight excluding hydrogens is 514 g/mol. The highest BCUT2D eigenvalue weighted by molar-refractivity contribution is 5.77. The van der Waals surface area contributed by atoms with Gasteiger partial charge in [0.1, 0.15) is 22.8 Å². The van der Waals surface area contributed by atoms with Gasteiger partial charge in [-0.25, -0.2) is 19.6 Å². The van der Waals surface area contributed by atoms with E-state index in [1.54, 1.807) is 39.9 Å². The molecule has 2 amide bonds. The Morgan fingerprint density at radius 2 is 1.50 bits per heavy atom. The van der Waals surface area contributed by atoms with Crippen molar-refractivity contribution in [2.24, 2.45) is 0 Å². The van der Waals surface area contributed by atoms with Crippen LogP contribution in [-0.2, 0) is 14.4 Å². The Morgan fingerprint density at radius 1 is 0.950 bits per heavy atom. The van der Waals surface area contributed by atoms with E-state index in [0.29, 0.717) is 37.6 Å². The fraction of sp³-hybridized carbons (Fsp3) is 0.433. The predicted molar refractivity (Wildman–Crippen MR) is 149 cm³/mol. The molecular formula is C30H37N3O7. The second kappa shape index (κ2) is 12.4. The molecule has 214 valence electrons. The van der Waals surface area contributed by atoms with E-state index in [-0.39, 0.29) is 18.6 Å². The van der Waals surface area contributed by atoms with Crippen molar-refractivity contribution in [3.8, 4) is 34.1 Å². The second-order valence-corrected chi connectivity index (χ2v) is 10.6. The van der Waals surface area contributed by atoms with Gasteiger partial charge in [-0.2, -0.15) is 0 Å². The standard InChI is InChI=1S/C30H37N3O7/c1-30(2,3)40-25(34)19-38-32(4)29(35)33-17-15-22(16-18-33)28-31-26(20-7-11-23(36-5)12-8-20)27(39-28)21-9-13-24(37-6)14-10-21/h7-14,22H,15-19H2,1-6H3. The molecule has 4 rings (SSSR count). The summed E-state index contributed by atoms with van der Waals surface area (Å²) in [7, 11) is 4.76. The van der Waals surface area contributed by atoms with Gasteiger partial charge in [-0.1, -0.05) is 0 Å². The highest BCUT2D eigenvalue weighted by Crippen LogP contribution is 2.38. The zero-order valence-corrected chi connectivity index (χ0v) is 23.9. The van der Waals surface area contributed by atoms with Crippen LogP contribution in [0.25, 0.3) is 22.6 Å². The van der Waals surface area contributed by atoms with E-state index in [9.17, 15) is 9.59 Å². The van der Waals surface area contributed by atoms with Crippen molar-refractivity contribution < 1.29 is 33.1 Å². The molecule has 1 aliphatic rings. The summed E-state index contributed by atoms with van der Waals surface area (Å²) in [6.45, 7) is 5.99. The topological polar surface area (TPSA) is 104 Å². The summed E-state index contributed by atoms with van der Waals surface area (Å²) in [5, 5.41) is 1.08. The number of likely N-dealkylation sites (tertiary alicyclic amines) is 1. The first-order chi connectivity index (χ1) is 19.1. The highest BCUT2D eigenvalue weighted by Gasteiger charge is 2.30. The molecule has 0 N–H and O–H groups in total. The summed E-state index contributed by atoms with van der Waals surface area (Å²) >= 11 is 0. The summed E-state index contributed by atoms with van der Waals surface area (Å²) in [5.74, 6) is 2.34. The van der Waals surface area contributed by atoms with Gasteiger partial charge in [0, 0.05) is 37.2 Å². The van der Waals surface area contributed by atoms with E-state index in [1.807, 2.05) is 48.5 Å². The van der Waals surface area contributed by atoms with Crippen LogP contribution in [0, 0.1) is 0 Å². The lowest BCUT2D eigenvalue weighted by Gasteiger charge is -2.33. The minimum atomic E-state index is -0.620. The van der Waals surface area contributed by atoms with Gasteiger partial charge in [-0.15, -0.1) is 0 Å². The molecule has 1 aromatic heterocycles. The van der Waals surface area contributed by atoms with Crippen molar-refractivity contribution in [3.63, 3.8) is 0 Å². The minimum absolute atomic E-state index is 0.0426. The lowest BCUT2D eigenvalue weighted by Crippen LogP contribution is -2.45. The van der Waals surface area contributed by atoms with Crippen LogP contribution in [-0.4, -0.2) is 73.5 Å². The molecule has 0 radical (unpaired) electrons. The number of ether oxygens (including phenoxy) is 3. The lowest BCUT2D eigenvalue weighted by molar-refractivity contribution is -0.176. The quantitative estimate of drug-likeness (QED) is 0.266. The number of hydroxylamine groups is 2. The summed E-state index contributed by atoms with van der Waals surface area (Å²) in [5.41, 5.74) is 1.93. The summed E-state index contributed by atoms with van der Waals surface area (Å²) < 4.78 is 22.3. The Morgan fingerprint density at radius 3 is 2.02 bits per heavy atom. The van der Waals surface area contributed by atoms with Crippen molar-refractivity contribution in [1.29, 1.82) is 0 Å². The molecule has 40 heavy (non-hydrogen) atoms. The molecule has 10 heteroatoms. The number of oxazole rings is 1. The predicted octanol–water partition coefficient (Wildman–Crippen LogP) is 5.53. The number of rotatable bonds is 8. The number of esters is 1. The molecule has 0 saturated carbocycles. The first-order valence-electron chi connectivity index (χ1n) is 13.2. The van der Waals surface area contributed by atoms with Crippen molar-refractivity contribution in [2.45, 2.75) is 45.1 Å². The molecule has 1 aliphatic heterocycles. The van der Waals surface area contributed by atoms with Crippen LogP contribution in [0.5, 0.6) is 11.5 Å². The van der Waals surface area contributed by atoms with Gasteiger partial charge < -0.3 is 23.5 Å². The van der Waals surface area contributed by atoms with Crippen LogP contribution in [0.1, 0.15) is 45.4 Å². The number of benzene rings is 2. The Labute approximate surface area is 234 Å². The zero-order chi connectivity index (χ0) is 28.9. The maximum atomic E-state index is 12.9. The number of carbonyl (C=O) groups excluding carboxylic acids is 2. The fourth-order valence-corrected chi connectivity index (χ4v) is 4.49. The molecule has 0 spiro atoms. The number of carbonyl (C=O) groups is 2. The van der Waals surface area contributed by atoms with Crippen molar-refractivity contribution in [1.82, 2.24) is 14.9 Å². The van der Waals surface area contributed by atoms with E-state index in [1.165, 1.54) is 7.05 Å². The Hall–Kier alpha value is -4.05. The molecule has 0 aliphatic carbocycles. The maximum absolute atomic E-state index is 12.9. The van der Waals surface area contributed by atoms with Crippen LogP contribution in [0.4, 0.5) is 4.79 Å². The van der Waals surface area contributed by atoms with Crippen LogP contribution in [0.3, 0.4) is 0 Å². The average molecular weight is 552 g/mol. The summed E-state index contributed by atoms with van der Waals surface area (Å²) in [6, 6.07) is 15.1. The number of piperidine rings is 1. The van der Waals surface area contributed by atoms with E-state index < -0.39 is 11.6 Å². The van der Waals surface area contributed by atoms with Gasteiger partial charge >= 0.3 is 12.0 Å². The van der Waals surface area contributed by atoms with Gasteiger partial charge in [0.05, 0.1) is 14.2 Å². The van der Waals surface area contributed by atoms with E-state index >= 15 is 0 Å². The van der Waals surface area contributed by atoms with Crippen LogP contribution < -0.4 is 9.47 Å². The van der Waals surface area contributed by atoms with Gasteiger partial charge in [-0.3, -0.25) is 4.84 Å². The molecule has 2 aromatic carbocycles. The smallest absolute Gasteiger partial charge is 0.343 e. The van der Waals surface area contributed by atoms with Gasteiger partial charge in [0.2, 0.25) is 0 Å². The van der Waals surface area contributed by atoms with Crippen molar-refractivity contribution >= 4 is 12.0 Å². The molecule has 10 nitrogen and oxygen atoms in total. The van der Waals surface area contributed by atoms with E-state index in [0.717, 1.165) is 33.4 Å². The zero-order valence-electron chi connectivity index (χ0n) is 23.9. The number of methoxy groups -OCH3 is 2. The van der Waals surface area contributed by atoms with Crippen LogP contribution >= 0.6 is 0 Å². The number of aromatic nitrogens is 1. The van der Waals surface area contributed by atoms with Crippen LogP contribution in [0.15, 0.2) is 52.9 Å². The number of urea groups is 1. The molecule has 2 heterocycles. The summed E-state index contributed by atoms with van der Waals surface area (Å²) in [4.78, 5) is 36.8. The fourth-order valence-electron chi connectivity index (χ4n) is 4.49. The van der Waals surface area contributed by atoms with Crippen molar-refractivity contribution in [2.75, 3.05) is 41.0 Å². The van der Waals surface area contributed by atoms with Gasteiger partial charge in [0.25, 0.3) is 0 Å². The molecule has 0 bridgehead atoms. The van der Waals surface area contributed by atoms with Gasteiger partial charge in [-0.05, 0) is 82.1 Å². The molecule has 1 saturated heterocycles. The number of hydrogen-bond acceptors (Lipinski definition) is 8. The third-order valence-corrected chi connectivity index (χ3v) is 6.54. The number of nitrogens with zero attached hydrogens (tertiary/aromatic N) is 3. The third kappa shape index (κ3) is 7.12. The summed E-state index contributed by atoms with van der Waals surface area (Å²) in [6.07, 6.45) is 1.35. The molecule has 0 unspecified atom stereocenters. The Kier molecular flexibility index (Phi) is 8.99. The number of amides is 2. The third-order valence-electron chi connectivity index (χ3n) is 6.54. The van der Waals surface area contributed by atoms with Gasteiger partial charge in [0.15, 0.2) is 18.3 Å². The SMILES string of the molecule is COc1ccc(-c2nc(C3CCN(C(=O)N(C)OCC(=O)OC(C)(C)C)CC3)oc2-c2ccc(OC)cc2)cc1. The molecule has 0 atom stereocenters. The van der Waals surface area contributed by atoms with Crippen molar-refractivity contribution in [3.05, 3.63) is 54.4 Å². The average Bonchev–Trinajstić information content (AvgIpc) is 3.40. The van der Waals surface area contributed by atoms with Crippen LogP contribution in [0.2, 0.25) is 0 Å². The monoisotopic (exact) mass is 551 g/mol. The first kappa shape index (κ1) is 28.9. The van der Waals surface area contributed by atoms with E-state index in [2.05, 4.69) is 0 Å². The normalized spacial score (nSPS) is 14.1. The Balaban J connectivity index is 1.45. The van der Waals surface area contributed by atoms with E-state index in [4.69, 9.17) is 28.4 Å². The highest BCUT2D eigenvalue weighted by atomic mass is 16.7. The second-order valence-electron chi connectivity index (χ2n) is 10.6. The minimum Gasteiger partial charge on any atom is -0.497 e. The first-order valence-corrected chi connectivity index (χ1v) is 13.2. The molecule has 1 fully saturated rings. The largest absolute Gasteiger partial charge is 0.497 e. The maximum Gasteiger partial charge on any atom is 0.343 e. The lowest BCUT2D eigenvalue weighted by atomic mass is 9.97. The number of hydrogen-bond donors (Lipinski definition) is 0. The Bertz CT molecular complexity index is 1220.